The highest BCUT2D eigenvalue weighted by molar-refractivity contribution is 7.92. The van der Waals surface area contributed by atoms with E-state index < -0.39 is 16.1 Å². The molecular formula is C24H37ClN2O3S. The van der Waals surface area contributed by atoms with Crippen LogP contribution < -0.4 is 21.6 Å². The van der Waals surface area contributed by atoms with Crippen LogP contribution in [0.5, 0.6) is 0 Å². The first-order valence-electron chi connectivity index (χ1n) is 10.8. The van der Waals surface area contributed by atoms with Gasteiger partial charge in [0.25, 0.3) is 10.0 Å². The van der Waals surface area contributed by atoms with Crippen LogP contribution in [0.3, 0.4) is 0 Å². The molecule has 7 heteroatoms. The van der Waals surface area contributed by atoms with Gasteiger partial charge in [-0.15, -0.1) is 0 Å². The lowest BCUT2D eigenvalue weighted by atomic mass is 10.1. The SMILES string of the molecule is Cc1ccc(S(=O)(=O)N(CC(O)C[NH+](CC(C)C)CC(C)C)c2ccccc2)cc1.[Cl-]. The number of hydrogen-bond acceptors (Lipinski definition) is 3. The second-order valence-corrected chi connectivity index (χ2v) is 10.9. The number of aliphatic hydroxyl groups excluding tert-OH is 1. The number of hydrogen-bond donors (Lipinski definition) is 2. The van der Waals surface area contributed by atoms with Crippen LogP contribution in [0.15, 0.2) is 59.5 Å². The number of nitrogens with zero attached hydrogens (tertiary/aromatic N) is 1. The van der Waals surface area contributed by atoms with E-state index >= 15 is 0 Å². The molecule has 0 fully saturated rings. The van der Waals surface area contributed by atoms with E-state index in [1.165, 1.54) is 9.21 Å². The minimum Gasteiger partial charge on any atom is -1.00 e. The Labute approximate surface area is 194 Å². The molecule has 0 spiro atoms. The number of rotatable bonds is 11. The Bertz CT molecular complexity index is 861. The molecule has 0 saturated carbocycles. The maximum Gasteiger partial charge on any atom is 0.264 e. The largest absolute Gasteiger partial charge is 1.00 e. The fourth-order valence-electron chi connectivity index (χ4n) is 3.77. The lowest BCUT2D eigenvalue weighted by Crippen LogP contribution is -3.14. The highest BCUT2D eigenvalue weighted by atomic mass is 35.5. The molecule has 2 aromatic rings. The Hall–Kier alpha value is -1.60. The number of halogens is 1. The predicted octanol–water partition coefficient (Wildman–Crippen LogP) is -0.248. The molecule has 0 amide bonds. The first-order valence-corrected chi connectivity index (χ1v) is 12.2. The first-order chi connectivity index (χ1) is 14.1. The highest BCUT2D eigenvalue weighted by Gasteiger charge is 2.29. The molecule has 1 unspecified atom stereocenters. The van der Waals surface area contributed by atoms with Crippen LogP contribution >= 0.6 is 0 Å². The van der Waals surface area contributed by atoms with Gasteiger partial charge in [-0.1, -0.05) is 63.6 Å². The summed E-state index contributed by atoms with van der Waals surface area (Å²) in [5.41, 5.74) is 1.56. The number of aliphatic hydroxyl groups is 1. The third kappa shape index (κ3) is 8.45. The molecule has 1 atom stereocenters. The van der Waals surface area contributed by atoms with E-state index in [0.29, 0.717) is 24.1 Å². The second kappa shape index (κ2) is 12.4. The van der Waals surface area contributed by atoms with Gasteiger partial charge in [0.2, 0.25) is 0 Å². The van der Waals surface area contributed by atoms with E-state index in [1.54, 1.807) is 36.4 Å². The summed E-state index contributed by atoms with van der Waals surface area (Å²) in [6, 6.07) is 15.9. The number of anilines is 1. The standard InChI is InChI=1S/C24H36N2O3S.ClH/c1-19(2)15-25(16-20(3)4)17-23(27)18-26(22-9-7-6-8-10-22)30(28,29)24-13-11-21(5)12-14-24;/h6-14,19-20,23,27H,15-18H2,1-5H3;1H. The quantitative estimate of drug-likeness (QED) is 0.478. The van der Waals surface area contributed by atoms with Crippen molar-refractivity contribution in [1.29, 1.82) is 0 Å². The molecule has 0 radical (unpaired) electrons. The summed E-state index contributed by atoms with van der Waals surface area (Å²) in [6.45, 7) is 13.1. The van der Waals surface area contributed by atoms with Crippen molar-refractivity contribution in [3.05, 3.63) is 60.2 Å². The van der Waals surface area contributed by atoms with Crippen molar-refractivity contribution in [1.82, 2.24) is 0 Å². The Morgan fingerprint density at radius 3 is 1.87 bits per heavy atom. The Morgan fingerprint density at radius 2 is 1.39 bits per heavy atom. The zero-order chi connectivity index (χ0) is 22.3. The second-order valence-electron chi connectivity index (χ2n) is 8.99. The summed E-state index contributed by atoms with van der Waals surface area (Å²) in [7, 11) is -3.78. The van der Waals surface area contributed by atoms with E-state index in [9.17, 15) is 13.5 Å². The van der Waals surface area contributed by atoms with E-state index in [0.717, 1.165) is 18.7 Å². The molecular weight excluding hydrogens is 432 g/mol. The number of aryl methyl sites for hydroxylation is 1. The van der Waals surface area contributed by atoms with Crippen LogP contribution in [0.25, 0.3) is 0 Å². The van der Waals surface area contributed by atoms with Crippen molar-refractivity contribution in [3.8, 4) is 0 Å². The van der Waals surface area contributed by atoms with Gasteiger partial charge in [-0.25, -0.2) is 8.42 Å². The summed E-state index contributed by atoms with van der Waals surface area (Å²) in [4.78, 5) is 1.53. The number of sulfonamides is 1. The third-order valence-corrected chi connectivity index (χ3v) is 6.76. The van der Waals surface area contributed by atoms with Crippen LogP contribution in [0.4, 0.5) is 5.69 Å². The molecule has 5 nitrogen and oxygen atoms in total. The zero-order valence-electron chi connectivity index (χ0n) is 19.3. The molecule has 2 rings (SSSR count). The van der Waals surface area contributed by atoms with Gasteiger partial charge in [0.1, 0.15) is 12.6 Å². The topological polar surface area (TPSA) is 62.0 Å². The third-order valence-electron chi connectivity index (χ3n) is 4.95. The number of nitrogens with one attached hydrogen (secondary N) is 1. The van der Waals surface area contributed by atoms with Gasteiger partial charge in [-0.05, 0) is 31.2 Å². The van der Waals surface area contributed by atoms with Crippen LogP contribution in [0, 0.1) is 18.8 Å². The van der Waals surface area contributed by atoms with E-state index in [-0.39, 0.29) is 23.8 Å². The summed E-state index contributed by atoms with van der Waals surface area (Å²) in [6.07, 6.45) is -0.766. The maximum absolute atomic E-state index is 13.4. The molecule has 0 heterocycles. The molecule has 0 aliphatic rings. The molecule has 0 bridgehead atoms. The lowest BCUT2D eigenvalue weighted by Gasteiger charge is -2.30. The van der Waals surface area contributed by atoms with Crippen molar-refractivity contribution >= 4 is 15.7 Å². The number of quaternary nitrogens is 1. The average molecular weight is 469 g/mol. The Kier molecular flexibility index (Phi) is 11.0. The number of benzene rings is 2. The van der Waals surface area contributed by atoms with Gasteiger partial charge in [-0.2, -0.15) is 0 Å². The molecule has 0 saturated heterocycles. The fourth-order valence-corrected chi connectivity index (χ4v) is 5.27. The lowest BCUT2D eigenvalue weighted by molar-refractivity contribution is -0.909. The Balaban J connectivity index is 0.00000480. The van der Waals surface area contributed by atoms with Crippen molar-refractivity contribution in [3.63, 3.8) is 0 Å². The smallest absolute Gasteiger partial charge is 0.264 e. The van der Waals surface area contributed by atoms with Crippen LogP contribution in [-0.4, -0.2) is 45.8 Å². The van der Waals surface area contributed by atoms with Gasteiger partial charge in [0.05, 0.1) is 30.2 Å². The fraction of sp³-hybridized carbons (Fsp3) is 0.500. The molecule has 2 aromatic carbocycles. The summed E-state index contributed by atoms with van der Waals surface area (Å²) >= 11 is 0. The van der Waals surface area contributed by atoms with Crippen LogP contribution in [-0.2, 0) is 10.0 Å². The molecule has 174 valence electrons. The normalized spacial score (nSPS) is 12.8. The molecule has 0 aliphatic carbocycles. The summed E-state index contributed by atoms with van der Waals surface area (Å²) < 4.78 is 28.2. The van der Waals surface area contributed by atoms with Crippen LogP contribution in [0.1, 0.15) is 33.3 Å². The monoisotopic (exact) mass is 468 g/mol. The van der Waals surface area contributed by atoms with Gasteiger partial charge >= 0.3 is 0 Å². The Morgan fingerprint density at radius 1 is 0.871 bits per heavy atom. The molecule has 0 aliphatic heterocycles. The molecule has 31 heavy (non-hydrogen) atoms. The van der Waals surface area contributed by atoms with Gasteiger partial charge in [0, 0.05) is 11.8 Å². The van der Waals surface area contributed by atoms with Gasteiger partial charge in [-0.3, -0.25) is 4.31 Å². The maximum atomic E-state index is 13.4. The summed E-state index contributed by atoms with van der Waals surface area (Å²) in [5, 5.41) is 10.9. The molecule has 2 N–H and O–H groups in total. The van der Waals surface area contributed by atoms with Gasteiger partial charge < -0.3 is 22.4 Å². The van der Waals surface area contributed by atoms with Crippen molar-refractivity contribution in [2.75, 3.05) is 30.5 Å². The van der Waals surface area contributed by atoms with Crippen molar-refractivity contribution in [2.45, 2.75) is 45.6 Å². The van der Waals surface area contributed by atoms with E-state index in [2.05, 4.69) is 27.7 Å². The summed E-state index contributed by atoms with van der Waals surface area (Å²) in [5.74, 6) is 1.01. The van der Waals surface area contributed by atoms with Crippen molar-refractivity contribution < 1.29 is 30.8 Å². The van der Waals surface area contributed by atoms with Crippen molar-refractivity contribution in [2.24, 2.45) is 11.8 Å². The average Bonchev–Trinajstić information content (AvgIpc) is 2.66. The van der Waals surface area contributed by atoms with E-state index in [4.69, 9.17) is 0 Å². The first kappa shape index (κ1) is 27.4. The minimum absolute atomic E-state index is 0. The zero-order valence-corrected chi connectivity index (χ0v) is 20.8. The van der Waals surface area contributed by atoms with Crippen LogP contribution in [0.2, 0.25) is 0 Å². The predicted molar refractivity (Wildman–Crippen MR) is 123 cm³/mol. The minimum atomic E-state index is -3.78. The van der Waals surface area contributed by atoms with Gasteiger partial charge in [0.15, 0.2) is 0 Å². The molecule has 0 aromatic heterocycles. The van der Waals surface area contributed by atoms with E-state index in [1.807, 2.05) is 25.1 Å². The number of para-hydroxylation sites is 1. The highest BCUT2D eigenvalue weighted by Crippen LogP contribution is 2.24.